The molecule has 2 atom stereocenters. The number of thiophene rings is 1. The molecule has 0 radical (unpaired) electrons. The van der Waals surface area contributed by atoms with Crippen molar-refractivity contribution in [3.05, 3.63) is 22.4 Å². The molecule has 2 unspecified atom stereocenters. The van der Waals surface area contributed by atoms with Crippen LogP contribution in [0.3, 0.4) is 0 Å². The first kappa shape index (κ1) is 11.1. The van der Waals surface area contributed by atoms with Crippen LogP contribution in [0.4, 0.5) is 0 Å². The maximum atomic E-state index is 5.80. The molecule has 15 heavy (non-hydrogen) atoms. The maximum Gasteiger partial charge on any atom is 0.0824 e. The molecule has 0 spiro atoms. The molecule has 0 aliphatic carbocycles. The van der Waals surface area contributed by atoms with Crippen LogP contribution in [0.5, 0.6) is 0 Å². The van der Waals surface area contributed by atoms with Crippen molar-refractivity contribution in [1.29, 1.82) is 0 Å². The van der Waals surface area contributed by atoms with Crippen molar-refractivity contribution >= 4 is 11.3 Å². The molecule has 84 valence electrons. The van der Waals surface area contributed by atoms with E-state index >= 15 is 0 Å². The van der Waals surface area contributed by atoms with Gasteiger partial charge in [0.25, 0.3) is 0 Å². The number of rotatable bonds is 4. The Morgan fingerprint density at radius 2 is 2.60 bits per heavy atom. The quantitative estimate of drug-likeness (QED) is 0.607. The Morgan fingerprint density at radius 1 is 1.73 bits per heavy atom. The summed E-state index contributed by atoms with van der Waals surface area (Å²) in [6.07, 6.45) is 3.17. The molecule has 1 aromatic heterocycles. The van der Waals surface area contributed by atoms with Gasteiger partial charge in [-0.2, -0.15) is 11.3 Å². The number of hydrogen-bond acceptors (Lipinski definition) is 4. The third-order valence-electron chi connectivity index (χ3n) is 3.21. The summed E-state index contributed by atoms with van der Waals surface area (Å²) < 4.78 is 5.80. The Bertz CT molecular complexity index is 294. The van der Waals surface area contributed by atoms with Crippen LogP contribution >= 0.6 is 11.3 Å². The number of hydrazine groups is 1. The second-order valence-electron chi connectivity index (χ2n) is 4.32. The normalized spacial score (nSPS) is 28.1. The zero-order chi connectivity index (χ0) is 10.7. The average Bonchev–Trinajstić information content (AvgIpc) is 2.85. The fourth-order valence-electron chi connectivity index (χ4n) is 2.17. The lowest BCUT2D eigenvalue weighted by atomic mass is 9.89. The summed E-state index contributed by atoms with van der Waals surface area (Å²) in [5.74, 6) is 5.63. The second kappa shape index (κ2) is 4.61. The van der Waals surface area contributed by atoms with Gasteiger partial charge in [-0.25, -0.2) is 0 Å². The number of nitrogens with one attached hydrogen (secondary N) is 1. The van der Waals surface area contributed by atoms with E-state index in [0.717, 1.165) is 25.9 Å². The molecule has 3 nitrogen and oxygen atoms in total. The lowest BCUT2D eigenvalue weighted by molar-refractivity contribution is -0.0114. The Morgan fingerprint density at radius 3 is 3.13 bits per heavy atom. The first-order valence-electron chi connectivity index (χ1n) is 5.36. The summed E-state index contributed by atoms with van der Waals surface area (Å²) in [7, 11) is 0. The highest BCUT2D eigenvalue weighted by atomic mass is 32.1. The molecular formula is C11H18N2OS. The van der Waals surface area contributed by atoms with Crippen LogP contribution in [0.1, 0.15) is 25.3 Å². The lowest BCUT2D eigenvalue weighted by Crippen LogP contribution is -2.52. The van der Waals surface area contributed by atoms with E-state index in [1.807, 2.05) is 0 Å². The Labute approximate surface area is 94.6 Å². The van der Waals surface area contributed by atoms with Crippen LogP contribution in [0.25, 0.3) is 0 Å². The molecule has 2 heterocycles. The summed E-state index contributed by atoms with van der Waals surface area (Å²) in [6.45, 7) is 3.01. The maximum absolute atomic E-state index is 5.80. The molecule has 1 aliphatic heterocycles. The van der Waals surface area contributed by atoms with E-state index in [2.05, 4.69) is 29.2 Å². The molecule has 1 aromatic rings. The largest absolute Gasteiger partial charge is 0.374 e. The van der Waals surface area contributed by atoms with Gasteiger partial charge in [-0.15, -0.1) is 0 Å². The minimum absolute atomic E-state index is 0.101. The zero-order valence-electron chi connectivity index (χ0n) is 9.03. The van der Waals surface area contributed by atoms with Crippen LogP contribution in [0.2, 0.25) is 0 Å². The highest BCUT2D eigenvalue weighted by Crippen LogP contribution is 2.30. The van der Waals surface area contributed by atoms with Crippen molar-refractivity contribution in [2.45, 2.75) is 37.8 Å². The molecule has 3 N–H and O–H groups in total. The molecule has 1 fully saturated rings. The fourth-order valence-corrected chi connectivity index (χ4v) is 2.85. The van der Waals surface area contributed by atoms with Crippen LogP contribution in [-0.2, 0) is 11.2 Å². The zero-order valence-corrected chi connectivity index (χ0v) is 9.85. The van der Waals surface area contributed by atoms with Crippen molar-refractivity contribution in [1.82, 2.24) is 5.43 Å². The first-order valence-corrected chi connectivity index (χ1v) is 6.30. The minimum atomic E-state index is -0.101. The molecule has 1 aliphatic rings. The van der Waals surface area contributed by atoms with Gasteiger partial charge in [0.2, 0.25) is 0 Å². The van der Waals surface area contributed by atoms with Gasteiger partial charge in [0, 0.05) is 6.61 Å². The van der Waals surface area contributed by atoms with E-state index in [1.165, 1.54) is 5.56 Å². The van der Waals surface area contributed by atoms with Crippen LogP contribution in [0, 0.1) is 0 Å². The third-order valence-corrected chi connectivity index (χ3v) is 3.94. The van der Waals surface area contributed by atoms with Crippen molar-refractivity contribution in [3.8, 4) is 0 Å². The standard InChI is InChI=1S/C11H18N2OS/c1-11(4-2-5-14-11)10(13-12)7-9-3-6-15-8-9/h3,6,8,10,13H,2,4-5,7,12H2,1H3. The molecule has 0 aromatic carbocycles. The minimum Gasteiger partial charge on any atom is -0.374 e. The highest BCUT2D eigenvalue weighted by Gasteiger charge is 2.37. The lowest BCUT2D eigenvalue weighted by Gasteiger charge is -2.32. The Balaban J connectivity index is 2.03. The average molecular weight is 226 g/mol. The molecular weight excluding hydrogens is 208 g/mol. The molecule has 0 bridgehead atoms. The topological polar surface area (TPSA) is 47.3 Å². The van der Waals surface area contributed by atoms with Gasteiger partial charge < -0.3 is 4.74 Å². The Hall–Kier alpha value is -0.420. The van der Waals surface area contributed by atoms with Gasteiger partial charge in [-0.1, -0.05) is 0 Å². The van der Waals surface area contributed by atoms with Gasteiger partial charge in [0.1, 0.15) is 0 Å². The third kappa shape index (κ3) is 2.39. The monoisotopic (exact) mass is 226 g/mol. The Kier molecular flexibility index (Phi) is 3.41. The second-order valence-corrected chi connectivity index (χ2v) is 5.10. The molecule has 1 saturated heterocycles. The van der Waals surface area contributed by atoms with E-state index in [9.17, 15) is 0 Å². The molecule has 4 heteroatoms. The van der Waals surface area contributed by atoms with Gasteiger partial charge in [-0.3, -0.25) is 11.3 Å². The first-order chi connectivity index (χ1) is 7.24. The summed E-state index contributed by atoms with van der Waals surface area (Å²) in [6, 6.07) is 2.35. The van der Waals surface area contributed by atoms with Gasteiger partial charge in [0.05, 0.1) is 11.6 Å². The van der Waals surface area contributed by atoms with E-state index < -0.39 is 0 Å². The highest BCUT2D eigenvalue weighted by molar-refractivity contribution is 7.07. The van der Waals surface area contributed by atoms with Crippen molar-refractivity contribution in [2.75, 3.05) is 6.61 Å². The fraction of sp³-hybridized carbons (Fsp3) is 0.636. The SMILES string of the molecule is CC1(C(Cc2ccsc2)NN)CCCO1. The van der Waals surface area contributed by atoms with Crippen LogP contribution in [-0.4, -0.2) is 18.2 Å². The van der Waals surface area contributed by atoms with Gasteiger partial charge in [-0.05, 0) is 48.6 Å². The van der Waals surface area contributed by atoms with E-state index in [1.54, 1.807) is 11.3 Å². The number of hydrogen-bond donors (Lipinski definition) is 2. The van der Waals surface area contributed by atoms with E-state index in [-0.39, 0.29) is 11.6 Å². The summed E-state index contributed by atoms with van der Waals surface area (Å²) in [5, 5.41) is 4.27. The molecule has 2 rings (SSSR count). The summed E-state index contributed by atoms with van der Waals surface area (Å²) in [4.78, 5) is 0. The van der Waals surface area contributed by atoms with Crippen molar-refractivity contribution < 1.29 is 4.74 Å². The molecule has 0 saturated carbocycles. The summed E-state index contributed by atoms with van der Waals surface area (Å²) >= 11 is 1.72. The predicted molar refractivity (Wildman–Crippen MR) is 62.7 cm³/mol. The van der Waals surface area contributed by atoms with E-state index in [4.69, 9.17) is 10.6 Å². The number of nitrogens with two attached hydrogens (primary N) is 1. The number of ether oxygens (including phenoxy) is 1. The predicted octanol–water partition coefficient (Wildman–Crippen LogP) is 1.69. The van der Waals surface area contributed by atoms with Gasteiger partial charge in [0.15, 0.2) is 0 Å². The summed E-state index contributed by atoms with van der Waals surface area (Å²) in [5.41, 5.74) is 4.13. The molecule has 0 amide bonds. The van der Waals surface area contributed by atoms with Crippen molar-refractivity contribution in [3.63, 3.8) is 0 Å². The van der Waals surface area contributed by atoms with Crippen LogP contribution < -0.4 is 11.3 Å². The van der Waals surface area contributed by atoms with Gasteiger partial charge >= 0.3 is 0 Å². The smallest absolute Gasteiger partial charge is 0.0824 e. The van der Waals surface area contributed by atoms with E-state index in [0.29, 0.717) is 0 Å². The van der Waals surface area contributed by atoms with Crippen LogP contribution in [0.15, 0.2) is 16.8 Å². The van der Waals surface area contributed by atoms with Crippen molar-refractivity contribution in [2.24, 2.45) is 5.84 Å².